The van der Waals surface area contributed by atoms with Crippen LogP contribution in [0.15, 0.2) is 87.5 Å². The molecule has 3 rings (SSSR count). The van der Waals surface area contributed by atoms with Crippen LogP contribution in [0.4, 0.5) is 0 Å². The van der Waals surface area contributed by atoms with E-state index in [0.717, 1.165) is 30.9 Å². The standard InChI is InChI=1S/C20H18O10S3/c1-15-8-10-17(11-9-15)31(21,22)28-19-13-12-18(14-20(19)27-2)33(25,26)30-29-32(23,24)16-6-4-3-5-7-16/h3-14H,1-2H3. The van der Waals surface area contributed by atoms with Crippen LogP contribution in [0.3, 0.4) is 0 Å². The van der Waals surface area contributed by atoms with Crippen molar-refractivity contribution in [1.29, 1.82) is 0 Å². The Morgan fingerprint density at radius 3 is 1.67 bits per heavy atom. The molecule has 0 N–H and O–H groups in total. The maximum absolute atomic E-state index is 12.5. The maximum atomic E-state index is 12.5. The van der Waals surface area contributed by atoms with Gasteiger partial charge in [0.05, 0.1) is 12.0 Å². The van der Waals surface area contributed by atoms with Crippen molar-refractivity contribution in [2.24, 2.45) is 0 Å². The quantitative estimate of drug-likeness (QED) is 0.238. The summed E-state index contributed by atoms with van der Waals surface area (Å²) in [5.74, 6) is -0.559. The third kappa shape index (κ3) is 5.89. The van der Waals surface area contributed by atoms with E-state index in [1.165, 1.54) is 36.4 Å². The number of hydrogen-bond acceptors (Lipinski definition) is 10. The molecule has 0 atom stereocenters. The Hall–Kier alpha value is -2.97. The van der Waals surface area contributed by atoms with E-state index in [4.69, 9.17) is 8.92 Å². The van der Waals surface area contributed by atoms with Crippen molar-refractivity contribution in [3.63, 3.8) is 0 Å². The van der Waals surface area contributed by atoms with Gasteiger partial charge in [0.25, 0.3) is 0 Å². The van der Waals surface area contributed by atoms with Crippen LogP contribution in [0.25, 0.3) is 0 Å². The van der Waals surface area contributed by atoms with Crippen molar-refractivity contribution in [2.45, 2.75) is 21.6 Å². The molecular formula is C20H18O10S3. The van der Waals surface area contributed by atoms with Gasteiger partial charge in [-0.05, 0) is 43.3 Å². The molecule has 176 valence electrons. The van der Waals surface area contributed by atoms with Crippen LogP contribution in [0.1, 0.15) is 5.56 Å². The monoisotopic (exact) mass is 514 g/mol. The van der Waals surface area contributed by atoms with E-state index < -0.39 is 35.2 Å². The summed E-state index contributed by atoms with van der Waals surface area (Å²) in [6.45, 7) is 1.79. The molecule has 0 aliphatic heterocycles. The smallest absolute Gasteiger partial charge is 0.339 e. The fraction of sp³-hybridized carbons (Fsp3) is 0.100. The van der Waals surface area contributed by atoms with Gasteiger partial charge in [-0.3, -0.25) is 0 Å². The van der Waals surface area contributed by atoms with E-state index >= 15 is 0 Å². The van der Waals surface area contributed by atoms with Gasteiger partial charge in [0.1, 0.15) is 9.79 Å². The summed E-state index contributed by atoms with van der Waals surface area (Å²) >= 11 is 0. The average molecular weight is 515 g/mol. The molecule has 0 aliphatic rings. The molecule has 0 heterocycles. The highest BCUT2D eigenvalue weighted by Crippen LogP contribution is 2.33. The van der Waals surface area contributed by atoms with Crippen LogP contribution in [0.2, 0.25) is 0 Å². The lowest BCUT2D eigenvalue weighted by atomic mass is 10.2. The molecule has 0 fully saturated rings. The van der Waals surface area contributed by atoms with E-state index in [1.54, 1.807) is 25.1 Å². The second-order valence-electron chi connectivity index (χ2n) is 6.52. The molecule has 0 unspecified atom stereocenters. The molecule has 33 heavy (non-hydrogen) atoms. The molecule has 0 saturated carbocycles. The summed E-state index contributed by atoms with van der Waals surface area (Å²) in [5, 5.41) is 0. The van der Waals surface area contributed by atoms with E-state index in [1.807, 2.05) is 0 Å². The lowest BCUT2D eigenvalue weighted by Crippen LogP contribution is -2.14. The molecule has 0 aliphatic carbocycles. The van der Waals surface area contributed by atoms with Gasteiger partial charge in [-0.25, -0.2) is 0 Å². The minimum absolute atomic E-state index is 0.116. The molecule has 0 aromatic heterocycles. The van der Waals surface area contributed by atoms with Gasteiger partial charge < -0.3 is 8.92 Å². The maximum Gasteiger partial charge on any atom is 0.339 e. The van der Waals surface area contributed by atoms with Gasteiger partial charge in [0, 0.05) is 6.07 Å². The van der Waals surface area contributed by atoms with Crippen LogP contribution >= 0.6 is 0 Å². The Kier molecular flexibility index (Phi) is 7.09. The SMILES string of the molecule is COc1cc(S(=O)(=O)OOS(=O)(=O)c2ccccc2)ccc1OS(=O)(=O)c1ccc(C)cc1. The Balaban J connectivity index is 1.83. The zero-order valence-electron chi connectivity index (χ0n) is 17.2. The first-order valence-electron chi connectivity index (χ1n) is 9.07. The summed E-state index contributed by atoms with van der Waals surface area (Å²) in [5.41, 5.74) is 0.845. The second kappa shape index (κ2) is 9.49. The van der Waals surface area contributed by atoms with E-state index in [-0.39, 0.29) is 21.3 Å². The highest BCUT2D eigenvalue weighted by atomic mass is 32.2. The Labute approximate surface area is 191 Å². The number of methoxy groups -OCH3 is 1. The van der Waals surface area contributed by atoms with Gasteiger partial charge >= 0.3 is 30.4 Å². The molecule has 10 nitrogen and oxygen atoms in total. The predicted octanol–water partition coefficient (Wildman–Crippen LogP) is 2.80. The van der Waals surface area contributed by atoms with Crippen LogP contribution < -0.4 is 8.92 Å². The van der Waals surface area contributed by atoms with Crippen LogP contribution in [-0.4, -0.2) is 32.4 Å². The highest BCUT2D eigenvalue weighted by molar-refractivity contribution is 7.89. The van der Waals surface area contributed by atoms with Gasteiger partial charge in [-0.1, -0.05) is 44.6 Å². The molecule has 0 amide bonds. The zero-order valence-corrected chi connectivity index (χ0v) is 19.7. The van der Waals surface area contributed by atoms with Gasteiger partial charge in [-0.2, -0.15) is 25.3 Å². The number of rotatable bonds is 9. The molecule has 3 aromatic carbocycles. The minimum Gasteiger partial charge on any atom is -0.493 e. The number of aryl methyl sites for hydroxylation is 1. The Morgan fingerprint density at radius 1 is 0.576 bits per heavy atom. The van der Waals surface area contributed by atoms with Gasteiger partial charge in [0.15, 0.2) is 11.5 Å². The summed E-state index contributed by atoms with van der Waals surface area (Å²) in [4.78, 5) is -1.000. The van der Waals surface area contributed by atoms with Crippen molar-refractivity contribution >= 4 is 30.4 Å². The largest absolute Gasteiger partial charge is 0.493 e. The van der Waals surface area contributed by atoms with Crippen LogP contribution in [-0.2, 0) is 39.0 Å². The fourth-order valence-corrected chi connectivity index (χ4v) is 5.14. The van der Waals surface area contributed by atoms with Crippen molar-refractivity contribution in [3.05, 3.63) is 78.4 Å². The van der Waals surface area contributed by atoms with E-state index in [2.05, 4.69) is 8.67 Å². The minimum atomic E-state index is -4.74. The third-order valence-corrected chi connectivity index (χ3v) is 7.68. The lowest BCUT2D eigenvalue weighted by Gasteiger charge is -2.12. The first-order valence-corrected chi connectivity index (χ1v) is 13.3. The predicted molar refractivity (Wildman–Crippen MR) is 115 cm³/mol. The van der Waals surface area contributed by atoms with Crippen molar-refractivity contribution < 1.29 is 42.8 Å². The zero-order chi connectivity index (χ0) is 24.3. The third-order valence-electron chi connectivity index (χ3n) is 4.17. The van der Waals surface area contributed by atoms with E-state index in [0.29, 0.717) is 0 Å². The van der Waals surface area contributed by atoms with Crippen LogP contribution in [0, 0.1) is 6.92 Å². The Bertz CT molecular complexity index is 1450. The molecule has 0 spiro atoms. The second-order valence-corrected chi connectivity index (χ2v) is 11.1. The number of hydrogen-bond donors (Lipinski definition) is 0. The normalized spacial score (nSPS) is 12.3. The summed E-state index contributed by atoms with van der Waals surface area (Å²) in [6, 6.07) is 15.5. The first kappa shape index (κ1) is 24.7. The average Bonchev–Trinajstić information content (AvgIpc) is 2.79. The first-order chi connectivity index (χ1) is 15.4. The number of benzene rings is 3. The number of ether oxygens (including phenoxy) is 1. The molecular weight excluding hydrogens is 496 g/mol. The van der Waals surface area contributed by atoms with E-state index in [9.17, 15) is 25.3 Å². The molecule has 13 heteroatoms. The van der Waals surface area contributed by atoms with Crippen molar-refractivity contribution in [3.8, 4) is 11.5 Å². The summed E-state index contributed by atoms with van der Waals surface area (Å²) in [7, 11) is -12.3. The van der Waals surface area contributed by atoms with Crippen LogP contribution in [0.5, 0.6) is 11.5 Å². The fourth-order valence-electron chi connectivity index (χ4n) is 2.48. The van der Waals surface area contributed by atoms with Crippen molar-refractivity contribution in [2.75, 3.05) is 7.11 Å². The summed E-state index contributed by atoms with van der Waals surface area (Å²) < 4.78 is 92.5. The lowest BCUT2D eigenvalue weighted by molar-refractivity contribution is -0.0851. The van der Waals surface area contributed by atoms with Gasteiger partial charge in [-0.15, -0.1) is 0 Å². The topological polar surface area (TPSA) is 139 Å². The molecule has 3 aromatic rings. The highest BCUT2D eigenvalue weighted by Gasteiger charge is 2.26. The Morgan fingerprint density at radius 2 is 1.09 bits per heavy atom. The molecule has 0 saturated heterocycles. The van der Waals surface area contributed by atoms with Gasteiger partial charge in [0.2, 0.25) is 0 Å². The molecule has 0 radical (unpaired) electrons. The summed E-state index contributed by atoms with van der Waals surface area (Å²) in [6.07, 6.45) is 0. The molecule has 0 bridgehead atoms. The van der Waals surface area contributed by atoms with Crippen molar-refractivity contribution in [1.82, 2.24) is 0 Å².